The normalized spacial score (nSPS) is 14.4. The summed E-state index contributed by atoms with van der Waals surface area (Å²) < 4.78 is 39.1. The number of rotatable bonds is 6. The van der Waals surface area contributed by atoms with Crippen LogP contribution in [0.3, 0.4) is 0 Å². The number of aliphatic carboxylic acids is 1. The van der Waals surface area contributed by atoms with Gasteiger partial charge in [-0.1, -0.05) is 42.5 Å². The summed E-state index contributed by atoms with van der Waals surface area (Å²) in [6.45, 7) is 3.50. The van der Waals surface area contributed by atoms with E-state index in [1.54, 1.807) is 7.11 Å². The Kier molecular flexibility index (Phi) is 9.11. The molecule has 194 valence electrons. The zero-order chi connectivity index (χ0) is 26.3. The lowest BCUT2D eigenvalue weighted by Crippen LogP contribution is -2.37. The van der Waals surface area contributed by atoms with Crippen molar-refractivity contribution >= 4 is 22.8 Å². The second-order valence-electron chi connectivity index (χ2n) is 8.56. The van der Waals surface area contributed by atoms with E-state index in [1.165, 1.54) is 11.1 Å². The Morgan fingerprint density at radius 1 is 1.11 bits per heavy atom. The standard InChI is InChI=1S/C24H29N3O2.C2HF3O2/c1-29-14-13-27-17-22(21-7-2-3-8-23(21)27)24(28)26-11-9-19(10-12-26)20-6-4-5-18(15-20)16-25;3-2(4,5)1(6)7/h2-8,15,17,19H,9-14,16,25H2,1H3;(H,6,7). The van der Waals surface area contributed by atoms with Crippen molar-refractivity contribution in [2.45, 2.75) is 38.0 Å². The monoisotopic (exact) mass is 505 g/mol. The lowest BCUT2D eigenvalue weighted by molar-refractivity contribution is -0.192. The number of para-hydroxylation sites is 1. The first kappa shape index (κ1) is 27.2. The number of piperidine rings is 1. The van der Waals surface area contributed by atoms with Crippen molar-refractivity contribution in [1.82, 2.24) is 9.47 Å². The number of fused-ring (bicyclic) bond motifs is 1. The van der Waals surface area contributed by atoms with Crippen molar-refractivity contribution in [1.29, 1.82) is 0 Å². The summed E-state index contributed by atoms with van der Waals surface area (Å²) >= 11 is 0. The number of halogens is 3. The summed E-state index contributed by atoms with van der Waals surface area (Å²) in [7, 11) is 1.70. The molecule has 0 radical (unpaired) electrons. The molecular formula is C26H30F3N3O4. The first-order chi connectivity index (χ1) is 17.2. The average Bonchev–Trinajstić information content (AvgIpc) is 3.25. The summed E-state index contributed by atoms with van der Waals surface area (Å²) in [6, 6.07) is 16.7. The fourth-order valence-electron chi connectivity index (χ4n) is 4.35. The molecule has 1 amide bonds. The van der Waals surface area contributed by atoms with E-state index in [-0.39, 0.29) is 5.91 Å². The van der Waals surface area contributed by atoms with Crippen LogP contribution in [0.1, 0.15) is 40.2 Å². The number of alkyl halides is 3. The number of amides is 1. The maximum absolute atomic E-state index is 13.3. The van der Waals surface area contributed by atoms with Gasteiger partial charge in [-0.3, -0.25) is 4.79 Å². The van der Waals surface area contributed by atoms with Crippen LogP contribution in [0.25, 0.3) is 10.9 Å². The van der Waals surface area contributed by atoms with Gasteiger partial charge in [0.05, 0.1) is 12.2 Å². The van der Waals surface area contributed by atoms with Crippen molar-refractivity contribution in [3.8, 4) is 0 Å². The number of hydrogen-bond acceptors (Lipinski definition) is 4. The van der Waals surface area contributed by atoms with Gasteiger partial charge < -0.3 is 25.0 Å². The number of carbonyl (C=O) groups is 2. The third-order valence-corrected chi connectivity index (χ3v) is 6.24. The van der Waals surface area contributed by atoms with Crippen molar-refractivity contribution in [2.75, 3.05) is 26.8 Å². The second-order valence-corrected chi connectivity index (χ2v) is 8.56. The molecule has 1 aliphatic rings. The Balaban J connectivity index is 0.000000454. The zero-order valence-electron chi connectivity index (χ0n) is 20.0. The van der Waals surface area contributed by atoms with Gasteiger partial charge in [0.2, 0.25) is 0 Å². The first-order valence-electron chi connectivity index (χ1n) is 11.6. The van der Waals surface area contributed by atoms with Crippen LogP contribution in [0.4, 0.5) is 13.2 Å². The minimum absolute atomic E-state index is 0.131. The van der Waals surface area contributed by atoms with Crippen LogP contribution in [-0.4, -0.2) is 59.4 Å². The van der Waals surface area contributed by atoms with E-state index < -0.39 is 12.1 Å². The number of methoxy groups -OCH3 is 1. The molecule has 0 saturated carbocycles. The number of ether oxygens (including phenoxy) is 1. The van der Waals surface area contributed by atoms with Gasteiger partial charge in [0.1, 0.15) is 0 Å². The maximum Gasteiger partial charge on any atom is 0.490 e. The van der Waals surface area contributed by atoms with Gasteiger partial charge in [-0.15, -0.1) is 0 Å². The average molecular weight is 506 g/mol. The molecule has 0 spiro atoms. The summed E-state index contributed by atoms with van der Waals surface area (Å²) in [6.07, 6.45) is -1.12. The van der Waals surface area contributed by atoms with Crippen LogP contribution in [0.15, 0.2) is 54.7 Å². The number of carbonyl (C=O) groups excluding carboxylic acids is 1. The highest BCUT2D eigenvalue weighted by atomic mass is 19.4. The molecule has 2 aromatic carbocycles. The van der Waals surface area contributed by atoms with Crippen molar-refractivity contribution < 1.29 is 32.6 Å². The Labute approximate surface area is 207 Å². The highest BCUT2D eigenvalue weighted by Gasteiger charge is 2.38. The SMILES string of the molecule is COCCn1cc(C(=O)N2CCC(c3cccc(CN)c3)CC2)c2ccccc21.O=C(O)C(F)(F)F. The molecule has 0 bridgehead atoms. The maximum atomic E-state index is 13.3. The van der Waals surface area contributed by atoms with Crippen LogP contribution in [0.5, 0.6) is 0 Å². The lowest BCUT2D eigenvalue weighted by atomic mass is 9.88. The molecule has 1 saturated heterocycles. The van der Waals surface area contributed by atoms with Crippen LogP contribution < -0.4 is 5.73 Å². The summed E-state index contributed by atoms with van der Waals surface area (Å²) in [5.74, 6) is -2.13. The zero-order valence-corrected chi connectivity index (χ0v) is 20.0. The van der Waals surface area contributed by atoms with E-state index in [9.17, 15) is 18.0 Å². The van der Waals surface area contributed by atoms with Gasteiger partial charge >= 0.3 is 12.1 Å². The van der Waals surface area contributed by atoms with E-state index >= 15 is 0 Å². The fourth-order valence-corrected chi connectivity index (χ4v) is 4.35. The van der Waals surface area contributed by atoms with E-state index in [1.807, 2.05) is 29.3 Å². The van der Waals surface area contributed by atoms with Crippen molar-refractivity contribution in [2.24, 2.45) is 5.73 Å². The molecule has 10 heteroatoms. The van der Waals surface area contributed by atoms with Crippen molar-refractivity contribution in [3.05, 3.63) is 71.4 Å². The number of aromatic nitrogens is 1. The van der Waals surface area contributed by atoms with E-state index in [4.69, 9.17) is 20.4 Å². The smallest absolute Gasteiger partial charge is 0.475 e. The van der Waals surface area contributed by atoms with Crippen LogP contribution >= 0.6 is 0 Å². The first-order valence-corrected chi connectivity index (χ1v) is 11.6. The molecule has 36 heavy (non-hydrogen) atoms. The second kappa shape index (κ2) is 12.0. The Morgan fingerprint density at radius 3 is 2.39 bits per heavy atom. The van der Waals surface area contributed by atoms with Crippen molar-refractivity contribution in [3.63, 3.8) is 0 Å². The van der Waals surface area contributed by atoms with Gasteiger partial charge in [-0.05, 0) is 36.0 Å². The number of nitrogens with two attached hydrogens (primary N) is 1. The molecule has 1 fully saturated rings. The molecule has 4 rings (SSSR count). The van der Waals surface area contributed by atoms with Gasteiger partial charge in [0.15, 0.2) is 0 Å². The van der Waals surface area contributed by atoms with Gasteiger partial charge in [0.25, 0.3) is 5.91 Å². The third-order valence-electron chi connectivity index (χ3n) is 6.24. The fraction of sp³-hybridized carbons (Fsp3) is 0.385. The quantitative estimate of drug-likeness (QED) is 0.518. The number of nitrogens with zero attached hydrogens (tertiary/aromatic N) is 2. The number of carboxylic acid groups (broad SMARTS) is 1. The summed E-state index contributed by atoms with van der Waals surface area (Å²) in [4.78, 5) is 24.2. The molecule has 2 heterocycles. The molecule has 0 atom stereocenters. The molecule has 7 nitrogen and oxygen atoms in total. The molecule has 1 aliphatic heterocycles. The lowest BCUT2D eigenvalue weighted by Gasteiger charge is -2.32. The van der Waals surface area contributed by atoms with Gasteiger partial charge in [-0.2, -0.15) is 13.2 Å². The molecule has 0 unspecified atom stereocenters. The highest BCUT2D eigenvalue weighted by Crippen LogP contribution is 2.30. The number of carboxylic acids is 1. The minimum Gasteiger partial charge on any atom is -0.475 e. The largest absolute Gasteiger partial charge is 0.490 e. The number of benzene rings is 2. The molecule has 3 aromatic rings. The van der Waals surface area contributed by atoms with E-state index in [0.717, 1.165) is 48.9 Å². The predicted molar refractivity (Wildman–Crippen MR) is 130 cm³/mol. The van der Waals surface area contributed by atoms with E-state index in [2.05, 4.69) is 34.9 Å². The van der Waals surface area contributed by atoms with Gasteiger partial charge in [-0.25, -0.2) is 4.79 Å². The van der Waals surface area contributed by atoms with Crippen LogP contribution in [0, 0.1) is 0 Å². The molecule has 1 aromatic heterocycles. The Bertz CT molecular complexity index is 1180. The summed E-state index contributed by atoms with van der Waals surface area (Å²) in [5, 5.41) is 8.14. The van der Waals surface area contributed by atoms with Crippen LogP contribution in [0.2, 0.25) is 0 Å². The number of likely N-dealkylation sites (tertiary alicyclic amines) is 1. The molecule has 3 N–H and O–H groups in total. The Hall–Kier alpha value is -3.37. The van der Waals surface area contributed by atoms with Crippen LogP contribution in [-0.2, 0) is 22.6 Å². The summed E-state index contributed by atoms with van der Waals surface area (Å²) in [5.41, 5.74) is 10.2. The molecular weight excluding hydrogens is 475 g/mol. The molecule has 0 aliphatic carbocycles. The third kappa shape index (κ3) is 6.64. The minimum atomic E-state index is -5.08. The van der Waals surface area contributed by atoms with Gasteiger partial charge in [0, 0.05) is 50.4 Å². The Morgan fingerprint density at radius 2 is 1.78 bits per heavy atom. The topological polar surface area (TPSA) is 97.8 Å². The predicted octanol–water partition coefficient (Wildman–Crippen LogP) is 4.40. The number of hydrogen-bond donors (Lipinski definition) is 2. The highest BCUT2D eigenvalue weighted by molar-refractivity contribution is 6.07. The van der Waals surface area contributed by atoms with E-state index in [0.29, 0.717) is 19.1 Å².